The Bertz CT molecular complexity index is 1940. The van der Waals surface area contributed by atoms with Crippen molar-refractivity contribution in [2.75, 3.05) is 25.1 Å². The van der Waals surface area contributed by atoms with Gasteiger partial charge in [-0.1, -0.05) is 58.4 Å². The molecule has 3 heterocycles. The molecule has 2 amide bonds. The van der Waals surface area contributed by atoms with Gasteiger partial charge in [-0.05, 0) is 62.0 Å². The second kappa shape index (κ2) is 18.8. The molecule has 5 N–H and O–H groups in total. The molecular weight excluding hydrogens is 729 g/mol. The van der Waals surface area contributed by atoms with E-state index in [0.717, 1.165) is 71.0 Å². The van der Waals surface area contributed by atoms with Crippen LogP contribution in [-0.4, -0.2) is 86.3 Å². The van der Waals surface area contributed by atoms with E-state index >= 15 is 0 Å². The van der Waals surface area contributed by atoms with Crippen LogP contribution in [0.25, 0.3) is 16.1 Å². The summed E-state index contributed by atoms with van der Waals surface area (Å²) in [7, 11) is 0. The van der Waals surface area contributed by atoms with Gasteiger partial charge in [-0.3, -0.25) is 14.4 Å². The molecule has 0 aliphatic heterocycles. The summed E-state index contributed by atoms with van der Waals surface area (Å²) >= 11 is 1.60. The largest absolute Gasteiger partial charge is 0.393 e. The standard InChI is InChI=1S/C42H58N8O5S/c1-6-7-29-21-36(50-35(47-29)14-16-46-50)48-30-12-13-31(20-30)49-37(52)15-18-55-19-17-43-40(42(3,4)5)38(53)33-22-32(51)23-34(33)41(54)44-24-27-8-10-28(11-9-27)39-26(2)45-25-56-39/h8-11,14,16,21,25,30-34,40,43,48,51H,6-7,12-13,15,17-20,22-24H2,1-5H3,(H,44,54)(H,49,52)/t30-,31-,32+,33?,34-,40-/m1/s1. The highest BCUT2D eigenvalue weighted by molar-refractivity contribution is 7.13. The fourth-order valence-electron chi connectivity index (χ4n) is 8.08. The first-order chi connectivity index (χ1) is 26.9. The van der Waals surface area contributed by atoms with Crippen molar-refractivity contribution in [2.24, 2.45) is 17.3 Å². The number of amides is 2. The second-order valence-corrected chi connectivity index (χ2v) is 17.3. The highest BCUT2D eigenvalue weighted by Gasteiger charge is 2.46. The fourth-order valence-corrected chi connectivity index (χ4v) is 8.89. The van der Waals surface area contributed by atoms with Gasteiger partial charge < -0.3 is 31.1 Å². The predicted molar refractivity (Wildman–Crippen MR) is 218 cm³/mol. The van der Waals surface area contributed by atoms with Crippen molar-refractivity contribution in [3.05, 3.63) is 65.1 Å². The number of nitrogens with zero attached hydrogens (tertiary/aromatic N) is 4. The summed E-state index contributed by atoms with van der Waals surface area (Å²) in [5.74, 6) is -0.593. The van der Waals surface area contributed by atoms with Gasteiger partial charge in [0, 0.05) is 55.3 Å². The van der Waals surface area contributed by atoms with Crippen LogP contribution >= 0.6 is 11.3 Å². The molecule has 0 spiro atoms. The summed E-state index contributed by atoms with van der Waals surface area (Å²) < 4.78 is 7.65. The molecule has 1 unspecified atom stereocenters. The molecule has 0 saturated heterocycles. The quantitative estimate of drug-likeness (QED) is 0.0840. The van der Waals surface area contributed by atoms with E-state index in [2.05, 4.69) is 49.3 Å². The third-order valence-electron chi connectivity index (χ3n) is 11.0. The van der Waals surface area contributed by atoms with Crippen LogP contribution in [0.4, 0.5) is 5.82 Å². The SMILES string of the molecule is CCCc1cc(N[C@@H]2CC[C@@H](NC(=O)CCOCCN[C@H](C(=O)C3C[C@H](O)C[C@H]3C(=O)NCc3ccc(-c4scnc4C)cc3)C(C)(C)C)C2)n2nccc2n1. The first kappa shape index (κ1) is 41.4. The van der Waals surface area contributed by atoms with Gasteiger partial charge in [0.15, 0.2) is 11.4 Å². The van der Waals surface area contributed by atoms with Crippen LogP contribution in [0.5, 0.6) is 0 Å². The molecule has 1 aromatic carbocycles. The van der Waals surface area contributed by atoms with Gasteiger partial charge in [-0.2, -0.15) is 9.61 Å². The maximum atomic E-state index is 14.0. The first-order valence-corrected chi connectivity index (χ1v) is 21.0. The zero-order chi connectivity index (χ0) is 39.8. The van der Waals surface area contributed by atoms with Gasteiger partial charge in [-0.15, -0.1) is 11.3 Å². The van der Waals surface area contributed by atoms with E-state index in [4.69, 9.17) is 4.74 Å². The van der Waals surface area contributed by atoms with Gasteiger partial charge in [-0.25, -0.2) is 9.97 Å². The number of aromatic nitrogens is 4. The average molecular weight is 787 g/mol. The maximum absolute atomic E-state index is 14.0. The fraction of sp³-hybridized carbons (Fsp3) is 0.571. The zero-order valence-electron chi connectivity index (χ0n) is 33.3. The number of rotatable bonds is 18. The van der Waals surface area contributed by atoms with Crippen LogP contribution in [-0.2, 0) is 32.1 Å². The van der Waals surface area contributed by atoms with Gasteiger partial charge >= 0.3 is 0 Å². The van der Waals surface area contributed by atoms with E-state index in [1.807, 2.05) is 68.1 Å². The lowest BCUT2D eigenvalue weighted by Crippen LogP contribution is -2.51. The molecule has 6 rings (SSSR count). The van der Waals surface area contributed by atoms with Crippen molar-refractivity contribution in [1.82, 2.24) is 35.5 Å². The van der Waals surface area contributed by atoms with Crippen LogP contribution < -0.4 is 21.3 Å². The number of benzene rings is 1. The lowest BCUT2D eigenvalue weighted by Gasteiger charge is -2.33. The third-order valence-corrected chi connectivity index (χ3v) is 11.9. The Morgan fingerprint density at radius 2 is 1.80 bits per heavy atom. The molecule has 2 aliphatic carbocycles. The third kappa shape index (κ3) is 10.6. The number of hydrogen-bond donors (Lipinski definition) is 5. The van der Waals surface area contributed by atoms with E-state index in [-0.39, 0.29) is 55.6 Å². The number of aryl methyl sites for hydroxylation is 2. The van der Waals surface area contributed by atoms with Crippen molar-refractivity contribution in [1.29, 1.82) is 0 Å². The molecule has 14 heteroatoms. The number of aliphatic hydroxyl groups excluding tert-OH is 1. The first-order valence-electron chi connectivity index (χ1n) is 20.1. The number of nitrogens with one attached hydrogen (secondary N) is 4. The molecular formula is C42H58N8O5S. The van der Waals surface area contributed by atoms with Crippen molar-refractivity contribution >= 4 is 40.4 Å². The summed E-state index contributed by atoms with van der Waals surface area (Å²) in [6, 6.07) is 11.8. The molecule has 3 aromatic heterocycles. The van der Waals surface area contributed by atoms with E-state index in [1.165, 1.54) is 0 Å². The molecule has 2 saturated carbocycles. The van der Waals surface area contributed by atoms with Crippen LogP contribution in [0.15, 0.2) is 48.1 Å². The molecule has 56 heavy (non-hydrogen) atoms. The molecule has 2 fully saturated rings. The molecule has 0 radical (unpaired) electrons. The molecule has 302 valence electrons. The summed E-state index contributed by atoms with van der Waals surface area (Å²) in [6.45, 7) is 11.5. The normalized spacial score (nSPS) is 21.6. The Kier molecular flexibility index (Phi) is 13.9. The predicted octanol–water partition coefficient (Wildman–Crippen LogP) is 5.25. The molecule has 13 nitrogen and oxygen atoms in total. The molecule has 0 bridgehead atoms. The lowest BCUT2D eigenvalue weighted by atomic mass is 9.77. The van der Waals surface area contributed by atoms with E-state index < -0.39 is 29.4 Å². The van der Waals surface area contributed by atoms with E-state index in [1.54, 1.807) is 17.5 Å². The van der Waals surface area contributed by atoms with Crippen molar-refractivity contribution in [2.45, 2.75) is 117 Å². The topological polar surface area (TPSA) is 172 Å². The van der Waals surface area contributed by atoms with Crippen molar-refractivity contribution in [3.8, 4) is 10.4 Å². The molecule has 2 aliphatic rings. The number of ketones is 1. The number of ether oxygens (including phenoxy) is 1. The summed E-state index contributed by atoms with van der Waals surface area (Å²) in [5, 5.41) is 28.2. The minimum atomic E-state index is -0.712. The van der Waals surface area contributed by atoms with Crippen molar-refractivity contribution in [3.63, 3.8) is 0 Å². The number of fused-ring (bicyclic) bond motifs is 1. The number of anilines is 1. The average Bonchev–Trinajstić information content (AvgIpc) is 3.98. The number of thiazole rings is 1. The van der Waals surface area contributed by atoms with E-state index in [9.17, 15) is 19.5 Å². The lowest BCUT2D eigenvalue weighted by molar-refractivity contribution is -0.135. The van der Waals surface area contributed by atoms with Crippen LogP contribution in [0.2, 0.25) is 0 Å². The summed E-state index contributed by atoms with van der Waals surface area (Å²) in [4.78, 5) is 50.4. The highest BCUT2D eigenvalue weighted by Crippen LogP contribution is 2.36. The highest BCUT2D eigenvalue weighted by atomic mass is 32.1. The molecule has 4 aromatic rings. The minimum Gasteiger partial charge on any atom is -0.393 e. The molecule has 6 atom stereocenters. The number of aliphatic hydroxyl groups is 1. The van der Waals surface area contributed by atoms with Gasteiger partial charge in [0.05, 0.1) is 53.6 Å². The number of carbonyl (C=O) groups is 3. The summed E-state index contributed by atoms with van der Waals surface area (Å²) in [5.41, 5.74) is 6.30. The van der Waals surface area contributed by atoms with Crippen LogP contribution in [0.3, 0.4) is 0 Å². The smallest absolute Gasteiger partial charge is 0.224 e. The second-order valence-electron chi connectivity index (χ2n) is 16.4. The Morgan fingerprint density at radius 3 is 2.54 bits per heavy atom. The van der Waals surface area contributed by atoms with Gasteiger partial charge in [0.25, 0.3) is 0 Å². The Hall–Kier alpha value is -4.24. The minimum absolute atomic E-state index is 0.0397. The Labute approximate surface area is 333 Å². The van der Waals surface area contributed by atoms with Crippen LogP contribution in [0.1, 0.15) is 89.6 Å². The number of carbonyl (C=O) groups excluding carboxylic acids is 3. The van der Waals surface area contributed by atoms with Crippen LogP contribution in [0, 0.1) is 24.2 Å². The van der Waals surface area contributed by atoms with Gasteiger partial charge in [0.2, 0.25) is 11.8 Å². The van der Waals surface area contributed by atoms with Crippen molar-refractivity contribution < 1.29 is 24.2 Å². The number of Topliss-reactive ketones (excluding diaryl/α,β-unsaturated/α-hetero) is 1. The monoisotopic (exact) mass is 786 g/mol. The Morgan fingerprint density at radius 1 is 1.04 bits per heavy atom. The zero-order valence-corrected chi connectivity index (χ0v) is 34.2. The van der Waals surface area contributed by atoms with Gasteiger partial charge in [0.1, 0.15) is 5.82 Å². The Balaban J connectivity index is 0.912. The number of hydrogen-bond acceptors (Lipinski definition) is 11. The van der Waals surface area contributed by atoms with E-state index in [0.29, 0.717) is 19.7 Å². The summed E-state index contributed by atoms with van der Waals surface area (Å²) in [6.07, 6.45) is 6.42. The maximum Gasteiger partial charge on any atom is 0.224 e.